The lowest BCUT2D eigenvalue weighted by Gasteiger charge is -2.10. The van der Waals surface area contributed by atoms with E-state index in [1.165, 1.54) is 0 Å². The van der Waals surface area contributed by atoms with Gasteiger partial charge in [-0.25, -0.2) is 4.98 Å². The Morgan fingerprint density at radius 1 is 1.38 bits per heavy atom. The Morgan fingerprint density at radius 2 is 2.14 bits per heavy atom. The first-order valence-electron chi connectivity index (χ1n) is 7.33. The van der Waals surface area contributed by atoms with Gasteiger partial charge >= 0.3 is 0 Å². The van der Waals surface area contributed by atoms with Crippen molar-refractivity contribution in [1.82, 2.24) is 19.6 Å². The molecule has 0 aliphatic carbocycles. The van der Waals surface area contributed by atoms with Gasteiger partial charge in [-0.3, -0.25) is 4.79 Å². The number of amides is 1. The first-order chi connectivity index (χ1) is 9.99. The van der Waals surface area contributed by atoms with E-state index in [4.69, 9.17) is 0 Å². The van der Waals surface area contributed by atoms with Gasteiger partial charge in [-0.1, -0.05) is 6.07 Å². The first-order valence-corrected chi connectivity index (χ1v) is 7.33. The van der Waals surface area contributed by atoms with Crippen molar-refractivity contribution in [3.8, 4) is 0 Å². The molecule has 0 atom stereocenters. The molecule has 0 radical (unpaired) electrons. The lowest BCUT2D eigenvalue weighted by molar-refractivity contribution is -0.120. The Hall–Kier alpha value is -1.88. The first kappa shape index (κ1) is 15.5. The van der Waals surface area contributed by atoms with Crippen molar-refractivity contribution >= 4 is 11.6 Å². The highest BCUT2D eigenvalue weighted by molar-refractivity contribution is 5.78. The predicted molar refractivity (Wildman–Crippen MR) is 84.6 cm³/mol. The maximum Gasteiger partial charge on any atom is 0.226 e. The van der Waals surface area contributed by atoms with Gasteiger partial charge in [0, 0.05) is 12.7 Å². The summed E-state index contributed by atoms with van der Waals surface area (Å²) in [5.74, 6) is 0.0557. The highest BCUT2D eigenvalue weighted by atomic mass is 16.1. The fourth-order valence-electron chi connectivity index (χ4n) is 2.42. The summed E-state index contributed by atoms with van der Waals surface area (Å²) in [6, 6.07) is 4.02. The van der Waals surface area contributed by atoms with Crippen molar-refractivity contribution in [2.75, 3.05) is 27.2 Å². The number of nitrogens with one attached hydrogen (secondary N) is 1. The molecule has 0 saturated carbocycles. The highest BCUT2D eigenvalue weighted by Crippen LogP contribution is 2.15. The summed E-state index contributed by atoms with van der Waals surface area (Å²) in [5.41, 5.74) is 3.95. The lowest BCUT2D eigenvalue weighted by Crippen LogP contribution is -2.28. The quantitative estimate of drug-likeness (QED) is 0.821. The second-order valence-electron chi connectivity index (χ2n) is 5.71. The molecule has 0 aliphatic heterocycles. The van der Waals surface area contributed by atoms with Crippen molar-refractivity contribution in [3.63, 3.8) is 0 Å². The van der Waals surface area contributed by atoms with Crippen LogP contribution >= 0.6 is 0 Å². The summed E-state index contributed by atoms with van der Waals surface area (Å²) >= 11 is 0. The largest absolute Gasteiger partial charge is 0.356 e. The van der Waals surface area contributed by atoms with Crippen LogP contribution in [0.5, 0.6) is 0 Å². The number of nitrogens with zero attached hydrogens (tertiary/aromatic N) is 3. The molecule has 0 aliphatic rings. The molecule has 114 valence electrons. The molecule has 0 spiro atoms. The molecular weight excluding hydrogens is 264 g/mol. The smallest absolute Gasteiger partial charge is 0.226 e. The van der Waals surface area contributed by atoms with Crippen LogP contribution in [0.4, 0.5) is 0 Å². The van der Waals surface area contributed by atoms with Crippen LogP contribution in [0.3, 0.4) is 0 Å². The molecule has 0 aromatic carbocycles. The monoisotopic (exact) mass is 288 g/mol. The number of pyridine rings is 1. The minimum atomic E-state index is 0.0557. The SMILES string of the molecule is Cc1nc2c(C)cccn2c1CC(=O)NCCCN(C)C. The molecule has 2 rings (SSSR count). The van der Waals surface area contributed by atoms with Crippen LogP contribution in [-0.4, -0.2) is 47.4 Å². The van der Waals surface area contributed by atoms with E-state index in [1.807, 2.05) is 50.7 Å². The van der Waals surface area contributed by atoms with E-state index in [0.29, 0.717) is 13.0 Å². The zero-order valence-electron chi connectivity index (χ0n) is 13.3. The molecule has 0 bridgehead atoms. The molecule has 21 heavy (non-hydrogen) atoms. The molecule has 0 fully saturated rings. The maximum atomic E-state index is 12.1. The second kappa shape index (κ2) is 6.72. The number of aryl methyl sites for hydroxylation is 2. The Morgan fingerprint density at radius 3 is 2.86 bits per heavy atom. The van der Waals surface area contributed by atoms with Gasteiger partial charge in [0.2, 0.25) is 5.91 Å². The van der Waals surface area contributed by atoms with Crippen molar-refractivity contribution in [3.05, 3.63) is 35.3 Å². The van der Waals surface area contributed by atoms with Crippen molar-refractivity contribution in [1.29, 1.82) is 0 Å². The minimum absolute atomic E-state index is 0.0557. The van der Waals surface area contributed by atoms with Gasteiger partial charge in [0.25, 0.3) is 0 Å². The summed E-state index contributed by atoms with van der Waals surface area (Å²) in [6.45, 7) is 5.69. The van der Waals surface area contributed by atoms with Crippen LogP contribution in [0.1, 0.15) is 23.4 Å². The molecule has 2 heterocycles. The standard InChI is InChI=1S/C16H24N4O/c1-12-7-5-10-20-14(13(2)18-16(12)20)11-15(21)17-8-6-9-19(3)4/h5,7,10H,6,8-9,11H2,1-4H3,(H,17,21). The molecule has 0 unspecified atom stereocenters. The summed E-state index contributed by atoms with van der Waals surface area (Å²) in [5, 5.41) is 2.98. The van der Waals surface area contributed by atoms with Gasteiger partial charge in [0.1, 0.15) is 5.65 Å². The van der Waals surface area contributed by atoms with Gasteiger partial charge in [-0.2, -0.15) is 0 Å². The van der Waals surface area contributed by atoms with E-state index in [-0.39, 0.29) is 5.91 Å². The minimum Gasteiger partial charge on any atom is -0.356 e. The Labute approximate surface area is 126 Å². The van der Waals surface area contributed by atoms with Gasteiger partial charge in [-0.05, 0) is 52.5 Å². The molecule has 2 aromatic rings. The summed E-state index contributed by atoms with van der Waals surface area (Å²) in [4.78, 5) is 18.7. The fraction of sp³-hybridized carbons (Fsp3) is 0.500. The summed E-state index contributed by atoms with van der Waals surface area (Å²) in [6.07, 6.45) is 3.30. The van der Waals surface area contributed by atoms with E-state index in [9.17, 15) is 4.79 Å². The third-order valence-corrected chi connectivity index (χ3v) is 3.58. The Balaban J connectivity index is 2.01. The average molecular weight is 288 g/mol. The van der Waals surface area contributed by atoms with E-state index in [1.54, 1.807) is 0 Å². The van der Waals surface area contributed by atoms with Gasteiger partial charge in [0.05, 0.1) is 17.8 Å². The maximum absolute atomic E-state index is 12.1. The number of hydrogen-bond donors (Lipinski definition) is 1. The molecule has 1 N–H and O–H groups in total. The number of carbonyl (C=O) groups excluding carboxylic acids is 1. The van der Waals surface area contributed by atoms with Crippen LogP contribution in [0.25, 0.3) is 5.65 Å². The van der Waals surface area contributed by atoms with Crippen molar-refractivity contribution in [2.24, 2.45) is 0 Å². The molecule has 1 amide bonds. The number of fused-ring (bicyclic) bond motifs is 1. The number of rotatable bonds is 6. The number of carbonyl (C=O) groups is 1. The molecular formula is C16H24N4O. The van der Waals surface area contributed by atoms with Crippen molar-refractivity contribution < 1.29 is 4.79 Å². The van der Waals surface area contributed by atoms with Gasteiger partial charge in [0.15, 0.2) is 0 Å². The summed E-state index contributed by atoms with van der Waals surface area (Å²) in [7, 11) is 4.07. The van der Waals surface area contributed by atoms with Crippen LogP contribution in [0.15, 0.2) is 18.3 Å². The van der Waals surface area contributed by atoms with Crippen LogP contribution < -0.4 is 5.32 Å². The van der Waals surface area contributed by atoms with Crippen LogP contribution in [0, 0.1) is 13.8 Å². The van der Waals surface area contributed by atoms with Crippen molar-refractivity contribution in [2.45, 2.75) is 26.7 Å². The normalized spacial score (nSPS) is 11.3. The van der Waals surface area contributed by atoms with E-state index in [2.05, 4.69) is 15.2 Å². The third kappa shape index (κ3) is 3.82. The Kier molecular flexibility index (Phi) is 4.96. The number of hydrogen-bond acceptors (Lipinski definition) is 3. The fourth-order valence-corrected chi connectivity index (χ4v) is 2.42. The van der Waals surface area contributed by atoms with E-state index >= 15 is 0 Å². The molecule has 0 saturated heterocycles. The second-order valence-corrected chi connectivity index (χ2v) is 5.71. The van der Waals surface area contributed by atoms with Crippen LogP contribution in [0.2, 0.25) is 0 Å². The van der Waals surface area contributed by atoms with E-state index in [0.717, 1.165) is 35.6 Å². The van der Waals surface area contributed by atoms with Gasteiger partial charge < -0.3 is 14.6 Å². The average Bonchev–Trinajstić information content (AvgIpc) is 2.73. The predicted octanol–water partition coefficient (Wildman–Crippen LogP) is 1.56. The molecule has 2 aromatic heterocycles. The third-order valence-electron chi connectivity index (χ3n) is 3.58. The molecule has 5 heteroatoms. The zero-order chi connectivity index (χ0) is 15.4. The Bertz CT molecular complexity index is 630. The molecule has 5 nitrogen and oxygen atoms in total. The van der Waals surface area contributed by atoms with E-state index < -0.39 is 0 Å². The van der Waals surface area contributed by atoms with Gasteiger partial charge in [-0.15, -0.1) is 0 Å². The number of imidazole rings is 1. The zero-order valence-corrected chi connectivity index (χ0v) is 13.3. The lowest BCUT2D eigenvalue weighted by atomic mass is 10.2. The summed E-state index contributed by atoms with van der Waals surface area (Å²) < 4.78 is 2.02. The number of aromatic nitrogens is 2. The highest BCUT2D eigenvalue weighted by Gasteiger charge is 2.13. The van der Waals surface area contributed by atoms with Crippen LogP contribution in [-0.2, 0) is 11.2 Å². The topological polar surface area (TPSA) is 49.6 Å².